The van der Waals surface area contributed by atoms with E-state index >= 15 is 0 Å². The summed E-state index contributed by atoms with van der Waals surface area (Å²) in [6.45, 7) is 5.06. The second-order valence-corrected chi connectivity index (χ2v) is 6.05. The SMILES string of the molecule is CNc1nccnc1[C@@H]1CN(C(=O)C(C)(C)n2cncn2)CCO1. The maximum Gasteiger partial charge on any atom is 0.250 e. The molecule has 24 heavy (non-hydrogen) atoms. The molecule has 3 heterocycles. The zero-order valence-electron chi connectivity index (χ0n) is 14.0. The molecule has 1 aliphatic heterocycles. The topological polar surface area (TPSA) is 98.1 Å². The molecule has 0 aliphatic carbocycles. The molecule has 1 amide bonds. The molecule has 3 rings (SSSR count). The molecule has 1 atom stereocenters. The molecular formula is C15H21N7O2. The first kappa shape index (κ1) is 16.3. The van der Waals surface area contributed by atoms with Gasteiger partial charge < -0.3 is 15.0 Å². The maximum atomic E-state index is 13.0. The lowest BCUT2D eigenvalue weighted by Crippen LogP contribution is -2.51. The quantitative estimate of drug-likeness (QED) is 0.868. The molecule has 1 fully saturated rings. The average molecular weight is 331 g/mol. The van der Waals surface area contributed by atoms with Crippen molar-refractivity contribution in [3.05, 3.63) is 30.7 Å². The Bertz CT molecular complexity index is 702. The zero-order chi connectivity index (χ0) is 17.2. The highest BCUT2D eigenvalue weighted by Gasteiger charge is 2.38. The van der Waals surface area contributed by atoms with Crippen LogP contribution in [-0.4, -0.2) is 62.3 Å². The van der Waals surface area contributed by atoms with Gasteiger partial charge in [0.25, 0.3) is 0 Å². The van der Waals surface area contributed by atoms with E-state index < -0.39 is 5.54 Å². The van der Waals surface area contributed by atoms with Gasteiger partial charge in [-0.15, -0.1) is 0 Å². The fourth-order valence-corrected chi connectivity index (χ4v) is 2.76. The van der Waals surface area contributed by atoms with Gasteiger partial charge in [0.15, 0.2) is 0 Å². The van der Waals surface area contributed by atoms with Crippen LogP contribution in [0.4, 0.5) is 5.82 Å². The van der Waals surface area contributed by atoms with Gasteiger partial charge in [0.1, 0.15) is 35.8 Å². The number of anilines is 1. The third-order valence-corrected chi connectivity index (χ3v) is 4.14. The van der Waals surface area contributed by atoms with E-state index in [0.29, 0.717) is 31.2 Å². The second kappa shape index (κ2) is 6.52. The van der Waals surface area contributed by atoms with Crippen molar-refractivity contribution in [1.82, 2.24) is 29.6 Å². The molecule has 1 N–H and O–H groups in total. The maximum absolute atomic E-state index is 13.0. The van der Waals surface area contributed by atoms with Crippen LogP contribution in [0.5, 0.6) is 0 Å². The van der Waals surface area contributed by atoms with E-state index in [2.05, 4.69) is 25.4 Å². The number of carbonyl (C=O) groups excluding carboxylic acids is 1. The lowest BCUT2D eigenvalue weighted by molar-refractivity contribution is -0.147. The molecule has 1 saturated heterocycles. The average Bonchev–Trinajstić information content (AvgIpc) is 3.16. The van der Waals surface area contributed by atoms with Gasteiger partial charge >= 0.3 is 0 Å². The lowest BCUT2D eigenvalue weighted by atomic mass is 10.0. The van der Waals surface area contributed by atoms with Gasteiger partial charge in [-0.3, -0.25) is 9.78 Å². The number of rotatable bonds is 4. The molecule has 0 bridgehead atoms. The molecule has 2 aromatic rings. The predicted octanol–water partition coefficient (Wildman–Crippen LogP) is 0.445. The molecule has 9 nitrogen and oxygen atoms in total. The van der Waals surface area contributed by atoms with E-state index in [1.54, 1.807) is 35.4 Å². The Labute approximate surface area is 140 Å². The molecule has 0 radical (unpaired) electrons. The number of nitrogens with zero attached hydrogens (tertiary/aromatic N) is 6. The number of nitrogens with one attached hydrogen (secondary N) is 1. The van der Waals surface area contributed by atoms with Crippen LogP contribution in [0, 0.1) is 0 Å². The monoisotopic (exact) mass is 331 g/mol. The highest BCUT2D eigenvalue weighted by atomic mass is 16.5. The molecule has 0 unspecified atom stereocenters. The number of hydrogen-bond acceptors (Lipinski definition) is 7. The summed E-state index contributed by atoms with van der Waals surface area (Å²) in [5.74, 6) is 0.628. The Balaban J connectivity index is 1.79. The molecular weight excluding hydrogens is 310 g/mol. The smallest absolute Gasteiger partial charge is 0.250 e. The van der Waals surface area contributed by atoms with E-state index in [0.717, 1.165) is 0 Å². The Morgan fingerprint density at radius 3 is 2.88 bits per heavy atom. The Kier molecular flexibility index (Phi) is 4.43. The standard InChI is InChI=1S/C15H21N7O2/c1-15(2,22-10-17-9-20-22)14(23)21-6-7-24-11(8-21)12-13(16-3)19-5-4-18-12/h4-5,9-11H,6-8H2,1-3H3,(H,16,19)/t11-/m0/s1. The minimum absolute atomic E-state index is 0.0313. The second-order valence-electron chi connectivity index (χ2n) is 6.05. The molecule has 0 aromatic carbocycles. The van der Waals surface area contributed by atoms with E-state index in [4.69, 9.17) is 4.74 Å². The van der Waals surface area contributed by atoms with Gasteiger partial charge in [-0.1, -0.05) is 0 Å². The summed E-state index contributed by atoms with van der Waals surface area (Å²) in [4.78, 5) is 27.3. The van der Waals surface area contributed by atoms with E-state index in [-0.39, 0.29) is 12.0 Å². The minimum Gasteiger partial charge on any atom is -0.372 e. The summed E-state index contributed by atoms with van der Waals surface area (Å²) in [6, 6.07) is 0. The third kappa shape index (κ3) is 2.94. The number of aromatic nitrogens is 5. The van der Waals surface area contributed by atoms with Crippen molar-refractivity contribution in [2.24, 2.45) is 0 Å². The van der Waals surface area contributed by atoms with Gasteiger partial charge in [-0.25, -0.2) is 14.6 Å². The minimum atomic E-state index is -0.813. The van der Waals surface area contributed by atoms with Crippen LogP contribution in [0.2, 0.25) is 0 Å². The highest BCUT2D eigenvalue weighted by Crippen LogP contribution is 2.27. The fourth-order valence-electron chi connectivity index (χ4n) is 2.76. The van der Waals surface area contributed by atoms with Gasteiger partial charge in [0.05, 0.1) is 13.2 Å². The van der Waals surface area contributed by atoms with E-state index in [9.17, 15) is 4.79 Å². The first-order chi connectivity index (χ1) is 11.5. The van der Waals surface area contributed by atoms with Crippen molar-refractivity contribution < 1.29 is 9.53 Å². The normalized spacial score (nSPS) is 18.5. The van der Waals surface area contributed by atoms with Crippen LogP contribution in [0.15, 0.2) is 25.0 Å². The van der Waals surface area contributed by atoms with Crippen LogP contribution in [0.1, 0.15) is 25.6 Å². The largest absolute Gasteiger partial charge is 0.372 e. The molecule has 0 spiro atoms. The van der Waals surface area contributed by atoms with Gasteiger partial charge in [0, 0.05) is 26.0 Å². The summed E-state index contributed by atoms with van der Waals surface area (Å²) in [7, 11) is 1.78. The summed E-state index contributed by atoms with van der Waals surface area (Å²) >= 11 is 0. The molecule has 128 valence electrons. The van der Waals surface area contributed by atoms with Crippen LogP contribution in [-0.2, 0) is 15.1 Å². The van der Waals surface area contributed by atoms with Crippen molar-refractivity contribution >= 4 is 11.7 Å². The van der Waals surface area contributed by atoms with Crippen molar-refractivity contribution in [1.29, 1.82) is 0 Å². The summed E-state index contributed by atoms with van der Waals surface area (Å²) in [6.07, 6.45) is 5.91. The number of morpholine rings is 1. The van der Waals surface area contributed by atoms with Gasteiger partial charge in [-0.05, 0) is 13.8 Å². The first-order valence-corrected chi connectivity index (χ1v) is 7.78. The number of ether oxygens (including phenoxy) is 1. The summed E-state index contributed by atoms with van der Waals surface area (Å²) in [5.41, 5.74) is -0.108. The van der Waals surface area contributed by atoms with Crippen molar-refractivity contribution in [3.8, 4) is 0 Å². The predicted molar refractivity (Wildman–Crippen MR) is 86.2 cm³/mol. The Hall–Kier alpha value is -2.55. The van der Waals surface area contributed by atoms with Crippen LogP contribution >= 0.6 is 0 Å². The van der Waals surface area contributed by atoms with Crippen molar-refractivity contribution in [2.45, 2.75) is 25.5 Å². The van der Waals surface area contributed by atoms with E-state index in [1.807, 2.05) is 13.8 Å². The Morgan fingerprint density at radius 2 is 2.17 bits per heavy atom. The molecule has 9 heteroatoms. The number of amides is 1. The van der Waals surface area contributed by atoms with Crippen LogP contribution in [0.3, 0.4) is 0 Å². The van der Waals surface area contributed by atoms with Crippen LogP contribution in [0.25, 0.3) is 0 Å². The number of hydrogen-bond donors (Lipinski definition) is 1. The number of carbonyl (C=O) groups is 1. The van der Waals surface area contributed by atoms with E-state index in [1.165, 1.54) is 6.33 Å². The summed E-state index contributed by atoms with van der Waals surface area (Å²) < 4.78 is 7.39. The first-order valence-electron chi connectivity index (χ1n) is 7.78. The van der Waals surface area contributed by atoms with Crippen molar-refractivity contribution in [3.63, 3.8) is 0 Å². The lowest BCUT2D eigenvalue weighted by Gasteiger charge is -2.37. The highest BCUT2D eigenvalue weighted by molar-refractivity contribution is 5.83. The summed E-state index contributed by atoms with van der Waals surface area (Å²) in [5, 5.41) is 7.11. The Morgan fingerprint density at radius 1 is 1.38 bits per heavy atom. The molecule has 2 aromatic heterocycles. The molecule has 0 saturated carbocycles. The molecule has 1 aliphatic rings. The van der Waals surface area contributed by atoms with Crippen LogP contribution < -0.4 is 5.32 Å². The fraction of sp³-hybridized carbons (Fsp3) is 0.533. The zero-order valence-corrected chi connectivity index (χ0v) is 14.0. The van der Waals surface area contributed by atoms with Crippen molar-refractivity contribution in [2.75, 3.05) is 32.1 Å². The van der Waals surface area contributed by atoms with Gasteiger partial charge in [0.2, 0.25) is 5.91 Å². The third-order valence-electron chi connectivity index (χ3n) is 4.14. The van der Waals surface area contributed by atoms with Gasteiger partial charge in [-0.2, -0.15) is 5.10 Å².